The van der Waals surface area contributed by atoms with E-state index in [4.69, 9.17) is 15.0 Å². The Morgan fingerprint density at radius 1 is 0.364 bits per heavy atom. The molecular formula is C39H23N3S2. The van der Waals surface area contributed by atoms with Crippen LogP contribution in [-0.4, -0.2) is 15.0 Å². The third-order valence-corrected chi connectivity index (χ3v) is 10.5. The standard InChI is InChI=1S/C39H23N3S2/c1-3-11-24(12-4-1)37-40-38(25-13-5-2-6-14-25)42-39(41-37)30-21-20-27(36-35(30)29-16-8-10-18-33(29)44-36)26-19-22-34-31(23-26)28-15-7-9-17-32(28)43-34/h1-23H. The summed E-state index contributed by atoms with van der Waals surface area (Å²) in [5, 5.41) is 5.02. The second-order valence-corrected chi connectivity index (χ2v) is 12.9. The van der Waals surface area contributed by atoms with E-state index in [9.17, 15) is 0 Å². The highest BCUT2D eigenvalue weighted by molar-refractivity contribution is 7.26. The Morgan fingerprint density at radius 3 is 1.61 bits per heavy atom. The van der Waals surface area contributed by atoms with E-state index in [1.807, 2.05) is 59.1 Å². The molecule has 0 radical (unpaired) electrons. The van der Waals surface area contributed by atoms with Crippen LogP contribution in [0.25, 0.3) is 85.6 Å². The van der Waals surface area contributed by atoms with E-state index < -0.39 is 0 Å². The number of rotatable bonds is 4. The zero-order valence-corrected chi connectivity index (χ0v) is 25.1. The van der Waals surface area contributed by atoms with E-state index in [0.717, 1.165) is 16.7 Å². The molecule has 0 fully saturated rings. The van der Waals surface area contributed by atoms with Gasteiger partial charge in [0.1, 0.15) is 0 Å². The molecule has 3 aromatic heterocycles. The molecule has 9 rings (SSSR count). The Balaban J connectivity index is 1.31. The molecule has 0 amide bonds. The van der Waals surface area contributed by atoms with Crippen molar-refractivity contribution in [1.82, 2.24) is 15.0 Å². The number of fused-ring (bicyclic) bond motifs is 6. The molecule has 0 aliphatic heterocycles. The molecule has 44 heavy (non-hydrogen) atoms. The van der Waals surface area contributed by atoms with Crippen LogP contribution in [0.4, 0.5) is 0 Å². The fourth-order valence-electron chi connectivity index (χ4n) is 6.06. The van der Waals surface area contributed by atoms with Gasteiger partial charge in [0.15, 0.2) is 17.5 Å². The monoisotopic (exact) mass is 597 g/mol. The summed E-state index contributed by atoms with van der Waals surface area (Å²) in [6, 6.07) is 49.0. The average Bonchev–Trinajstić information content (AvgIpc) is 3.67. The highest BCUT2D eigenvalue weighted by Crippen LogP contribution is 2.45. The van der Waals surface area contributed by atoms with Crippen molar-refractivity contribution in [3.8, 4) is 45.3 Å². The van der Waals surface area contributed by atoms with Gasteiger partial charge in [0, 0.05) is 57.0 Å². The summed E-state index contributed by atoms with van der Waals surface area (Å²) in [6.07, 6.45) is 0. The van der Waals surface area contributed by atoms with Crippen LogP contribution in [0.15, 0.2) is 140 Å². The van der Waals surface area contributed by atoms with Crippen LogP contribution in [0.3, 0.4) is 0 Å². The summed E-state index contributed by atoms with van der Waals surface area (Å²) in [7, 11) is 0. The molecule has 0 saturated heterocycles. The van der Waals surface area contributed by atoms with Gasteiger partial charge in [-0.25, -0.2) is 15.0 Å². The zero-order chi connectivity index (χ0) is 29.0. The van der Waals surface area contributed by atoms with Gasteiger partial charge in [-0.2, -0.15) is 0 Å². The van der Waals surface area contributed by atoms with Crippen molar-refractivity contribution in [2.75, 3.05) is 0 Å². The second-order valence-electron chi connectivity index (χ2n) is 10.8. The van der Waals surface area contributed by atoms with Crippen LogP contribution in [-0.2, 0) is 0 Å². The van der Waals surface area contributed by atoms with Crippen molar-refractivity contribution >= 4 is 63.0 Å². The lowest BCUT2D eigenvalue weighted by Crippen LogP contribution is -2.00. The Bertz CT molecular complexity index is 2440. The van der Waals surface area contributed by atoms with E-state index in [0.29, 0.717) is 17.5 Å². The molecule has 0 aliphatic carbocycles. The highest BCUT2D eigenvalue weighted by Gasteiger charge is 2.20. The Labute approximate surface area is 261 Å². The van der Waals surface area contributed by atoms with Crippen LogP contribution in [0.5, 0.6) is 0 Å². The first kappa shape index (κ1) is 25.3. The van der Waals surface area contributed by atoms with Crippen molar-refractivity contribution in [2.24, 2.45) is 0 Å². The molecule has 0 N–H and O–H groups in total. The van der Waals surface area contributed by atoms with E-state index in [1.165, 1.54) is 51.5 Å². The maximum atomic E-state index is 5.09. The predicted octanol–water partition coefficient (Wildman–Crippen LogP) is 11.3. The van der Waals surface area contributed by atoms with Crippen molar-refractivity contribution in [2.45, 2.75) is 0 Å². The van der Waals surface area contributed by atoms with Crippen molar-refractivity contribution in [3.05, 3.63) is 140 Å². The van der Waals surface area contributed by atoms with Gasteiger partial charge in [-0.15, -0.1) is 22.7 Å². The maximum Gasteiger partial charge on any atom is 0.164 e. The smallest absolute Gasteiger partial charge is 0.164 e. The van der Waals surface area contributed by atoms with E-state index in [1.54, 1.807) is 0 Å². The lowest BCUT2D eigenvalue weighted by atomic mass is 9.97. The fourth-order valence-corrected chi connectivity index (χ4v) is 8.42. The minimum absolute atomic E-state index is 0.668. The van der Waals surface area contributed by atoms with Gasteiger partial charge in [0.2, 0.25) is 0 Å². The number of benzene rings is 6. The van der Waals surface area contributed by atoms with Crippen molar-refractivity contribution in [1.29, 1.82) is 0 Å². The third-order valence-electron chi connectivity index (χ3n) is 8.15. The third kappa shape index (κ3) is 4.13. The molecule has 0 aliphatic rings. The largest absolute Gasteiger partial charge is 0.208 e. The molecule has 206 valence electrons. The lowest BCUT2D eigenvalue weighted by Gasteiger charge is -2.11. The molecule has 0 atom stereocenters. The highest BCUT2D eigenvalue weighted by atomic mass is 32.1. The van der Waals surface area contributed by atoms with Gasteiger partial charge in [-0.1, -0.05) is 109 Å². The molecule has 5 heteroatoms. The van der Waals surface area contributed by atoms with Crippen molar-refractivity contribution in [3.63, 3.8) is 0 Å². The van der Waals surface area contributed by atoms with Crippen LogP contribution >= 0.6 is 22.7 Å². The normalized spacial score (nSPS) is 11.6. The molecule has 0 spiro atoms. The van der Waals surface area contributed by atoms with Gasteiger partial charge in [-0.05, 0) is 41.5 Å². The molecule has 0 saturated carbocycles. The first-order valence-electron chi connectivity index (χ1n) is 14.5. The molecule has 3 heterocycles. The molecule has 0 bridgehead atoms. The Kier molecular flexibility index (Phi) is 5.86. The number of thiophene rings is 2. The Morgan fingerprint density at radius 2 is 0.909 bits per heavy atom. The fraction of sp³-hybridized carbons (Fsp3) is 0. The number of nitrogens with zero attached hydrogens (tertiary/aromatic N) is 3. The summed E-state index contributed by atoms with van der Waals surface area (Å²) in [4.78, 5) is 15.1. The van der Waals surface area contributed by atoms with Crippen LogP contribution in [0.2, 0.25) is 0 Å². The molecule has 0 unspecified atom stereocenters. The topological polar surface area (TPSA) is 38.7 Å². The quantitative estimate of drug-likeness (QED) is 0.203. The van der Waals surface area contributed by atoms with Gasteiger partial charge < -0.3 is 0 Å². The summed E-state index contributed by atoms with van der Waals surface area (Å²) < 4.78 is 5.12. The predicted molar refractivity (Wildman–Crippen MR) is 187 cm³/mol. The van der Waals surface area contributed by atoms with Crippen molar-refractivity contribution < 1.29 is 0 Å². The second kappa shape index (κ2) is 10.2. The first-order valence-corrected chi connectivity index (χ1v) is 16.2. The summed E-state index contributed by atoms with van der Waals surface area (Å²) in [5.74, 6) is 2.01. The van der Waals surface area contributed by atoms with Crippen LogP contribution < -0.4 is 0 Å². The number of hydrogen-bond acceptors (Lipinski definition) is 5. The maximum absolute atomic E-state index is 5.09. The van der Waals surface area contributed by atoms with E-state index in [-0.39, 0.29) is 0 Å². The SMILES string of the molecule is c1ccc(-c2nc(-c3ccccc3)nc(-c3ccc(-c4ccc5sc6ccccc6c5c4)c4sc5ccccc5c34)n2)cc1. The van der Waals surface area contributed by atoms with E-state index >= 15 is 0 Å². The van der Waals surface area contributed by atoms with E-state index in [2.05, 4.69) is 103 Å². The van der Waals surface area contributed by atoms with Crippen LogP contribution in [0.1, 0.15) is 0 Å². The minimum Gasteiger partial charge on any atom is -0.208 e. The molecular weight excluding hydrogens is 575 g/mol. The van der Waals surface area contributed by atoms with Gasteiger partial charge >= 0.3 is 0 Å². The summed E-state index contributed by atoms with van der Waals surface area (Å²) in [6.45, 7) is 0. The van der Waals surface area contributed by atoms with Crippen LogP contribution in [0, 0.1) is 0 Å². The number of aromatic nitrogens is 3. The zero-order valence-electron chi connectivity index (χ0n) is 23.4. The Hall–Kier alpha value is -5.23. The van der Waals surface area contributed by atoms with Gasteiger partial charge in [-0.3, -0.25) is 0 Å². The summed E-state index contributed by atoms with van der Waals surface area (Å²) >= 11 is 3.69. The number of hydrogen-bond donors (Lipinski definition) is 0. The van der Waals surface area contributed by atoms with Gasteiger partial charge in [0.25, 0.3) is 0 Å². The average molecular weight is 598 g/mol. The minimum atomic E-state index is 0.668. The molecule has 6 aromatic carbocycles. The molecule has 3 nitrogen and oxygen atoms in total. The summed E-state index contributed by atoms with van der Waals surface area (Å²) in [5.41, 5.74) is 5.39. The molecule has 9 aromatic rings. The van der Waals surface area contributed by atoms with Gasteiger partial charge in [0.05, 0.1) is 0 Å². The first-order chi connectivity index (χ1) is 21.8. The lowest BCUT2D eigenvalue weighted by molar-refractivity contribution is 1.08.